The second-order valence-electron chi connectivity index (χ2n) is 2.83. The van der Waals surface area contributed by atoms with Crippen molar-refractivity contribution in [3.05, 3.63) is 0 Å². The Morgan fingerprint density at radius 1 is 1.55 bits per heavy atom. The molecule has 0 aliphatic carbocycles. The molecule has 0 aliphatic heterocycles. The average Bonchev–Trinajstić information content (AvgIpc) is 2.02. The summed E-state index contributed by atoms with van der Waals surface area (Å²) in [7, 11) is 1.52. The van der Waals surface area contributed by atoms with Gasteiger partial charge >= 0.3 is 0 Å². The van der Waals surface area contributed by atoms with Gasteiger partial charge in [-0.3, -0.25) is 0 Å². The van der Waals surface area contributed by atoms with Crippen LogP contribution >= 0.6 is 0 Å². The van der Waals surface area contributed by atoms with E-state index in [1.54, 1.807) is 0 Å². The molecule has 0 aromatic heterocycles. The van der Waals surface area contributed by atoms with E-state index < -0.39 is 5.67 Å². The van der Waals surface area contributed by atoms with Crippen LogP contribution in [0.4, 0.5) is 4.39 Å². The lowest BCUT2D eigenvalue weighted by molar-refractivity contribution is 0.0304. The number of halogens is 1. The van der Waals surface area contributed by atoms with Crippen LogP contribution in [0.2, 0.25) is 0 Å². The molecule has 0 aromatic rings. The molecule has 0 saturated heterocycles. The van der Waals surface area contributed by atoms with Gasteiger partial charge in [-0.1, -0.05) is 6.92 Å². The summed E-state index contributed by atoms with van der Waals surface area (Å²) >= 11 is 0. The largest absolute Gasteiger partial charge is 0.381 e. The second-order valence-corrected chi connectivity index (χ2v) is 2.83. The lowest BCUT2D eigenvalue weighted by Crippen LogP contribution is -2.28. The molecule has 0 aliphatic rings. The number of rotatable bonds is 6. The summed E-state index contributed by atoms with van der Waals surface area (Å²) < 4.78 is 18.3. The Morgan fingerprint density at radius 3 is 2.55 bits per heavy atom. The third-order valence-corrected chi connectivity index (χ3v) is 1.87. The van der Waals surface area contributed by atoms with Crippen molar-refractivity contribution in [2.24, 2.45) is 5.73 Å². The van der Waals surface area contributed by atoms with Crippen LogP contribution in [-0.4, -0.2) is 25.9 Å². The Bertz CT molecular complexity index is 100. The summed E-state index contributed by atoms with van der Waals surface area (Å²) in [4.78, 5) is 0. The highest BCUT2D eigenvalue weighted by Crippen LogP contribution is 2.22. The molecule has 0 spiro atoms. The third-order valence-electron chi connectivity index (χ3n) is 1.87. The summed E-state index contributed by atoms with van der Waals surface area (Å²) in [5.74, 6) is 0. The number of alkyl halides is 1. The molecule has 3 heteroatoms. The monoisotopic (exact) mass is 163 g/mol. The first-order valence-corrected chi connectivity index (χ1v) is 4.06. The van der Waals surface area contributed by atoms with Crippen molar-refractivity contribution in [3.63, 3.8) is 0 Å². The quantitative estimate of drug-likeness (QED) is 0.644. The van der Waals surface area contributed by atoms with Crippen molar-refractivity contribution in [1.29, 1.82) is 0 Å². The van der Waals surface area contributed by atoms with Crippen LogP contribution in [0.5, 0.6) is 0 Å². The zero-order valence-electron chi connectivity index (χ0n) is 7.40. The van der Waals surface area contributed by atoms with E-state index in [9.17, 15) is 4.39 Å². The molecule has 0 heterocycles. The molecule has 0 amide bonds. The fraction of sp³-hybridized carbons (Fsp3) is 1.00. The number of methoxy groups -OCH3 is 1. The number of hydrogen-bond donors (Lipinski definition) is 1. The van der Waals surface area contributed by atoms with Crippen molar-refractivity contribution in [1.82, 2.24) is 0 Å². The molecule has 68 valence electrons. The van der Waals surface area contributed by atoms with E-state index in [4.69, 9.17) is 10.5 Å². The predicted molar refractivity (Wildman–Crippen MR) is 44.3 cm³/mol. The Hall–Kier alpha value is -0.150. The van der Waals surface area contributed by atoms with Crippen LogP contribution in [0.3, 0.4) is 0 Å². The van der Waals surface area contributed by atoms with E-state index in [0.717, 1.165) is 6.42 Å². The predicted octanol–water partition coefficient (Wildman–Crippen LogP) is 1.49. The fourth-order valence-corrected chi connectivity index (χ4v) is 1.03. The molecule has 0 saturated carbocycles. The average molecular weight is 163 g/mol. The zero-order valence-corrected chi connectivity index (χ0v) is 7.40. The molecule has 11 heavy (non-hydrogen) atoms. The number of hydrogen-bond acceptors (Lipinski definition) is 2. The summed E-state index contributed by atoms with van der Waals surface area (Å²) in [6, 6.07) is 0. The minimum absolute atomic E-state index is 0.184. The summed E-state index contributed by atoms with van der Waals surface area (Å²) in [6.45, 7) is 2.56. The summed E-state index contributed by atoms with van der Waals surface area (Å²) in [5, 5.41) is 0. The van der Waals surface area contributed by atoms with E-state index in [-0.39, 0.29) is 6.61 Å². The lowest BCUT2D eigenvalue weighted by Gasteiger charge is -2.22. The summed E-state index contributed by atoms with van der Waals surface area (Å²) in [5.41, 5.74) is 4.12. The first-order valence-electron chi connectivity index (χ1n) is 4.06. The normalized spacial score (nSPS) is 16.4. The molecule has 0 bridgehead atoms. The number of ether oxygens (including phenoxy) is 1. The molecular formula is C8H18FNO. The van der Waals surface area contributed by atoms with Gasteiger partial charge in [-0.05, 0) is 25.8 Å². The van der Waals surface area contributed by atoms with E-state index in [1.807, 2.05) is 6.92 Å². The zero-order chi connectivity index (χ0) is 8.74. The molecule has 1 atom stereocenters. The van der Waals surface area contributed by atoms with Gasteiger partial charge in [-0.2, -0.15) is 0 Å². The van der Waals surface area contributed by atoms with Crippen LogP contribution in [0.25, 0.3) is 0 Å². The molecule has 2 nitrogen and oxygen atoms in total. The van der Waals surface area contributed by atoms with Crippen molar-refractivity contribution in [3.8, 4) is 0 Å². The SMILES string of the molecule is CCC(F)(CCCN)COC. The molecule has 1 unspecified atom stereocenters. The van der Waals surface area contributed by atoms with Crippen molar-refractivity contribution < 1.29 is 9.13 Å². The fourth-order valence-electron chi connectivity index (χ4n) is 1.03. The van der Waals surface area contributed by atoms with E-state index in [2.05, 4.69) is 0 Å². The van der Waals surface area contributed by atoms with Crippen molar-refractivity contribution >= 4 is 0 Å². The smallest absolute Gasteiger partial charge is 0.134 e. The molecule has 0 rings (SSSR count). The Balaban J connectivity index is 3.68. The van der Waals surface area contributed by atoms with Gasteiger partial charge in [-0.15, -0.1) is 0 Å². The third kappa shape index (κ3) is 4.32. The van der Waals surface area contributed by atoms with Gasteiger partial charge < -0.3 is 10.5 Å². The molecule has 0 radical (unpaired) electrons. The number of nitrogens with two attached hydrogens (primary N) is 1. The molecule has 2 N–H and O–H groups in total. The van der Waals surface area contributed by atoms with E-state index >= 15 is 0 Å². The maximum Gasteiger partial charge on any atom is 0.134 e. The van der Waals surface area contributed by atoms with Crippen LogP contribution in [-0.2, 0) is 4.74 Å². The van der Waals surface area contributed by atoms with Crippen LogP contribution in [0, 0.1) is 0 Å². The minimum atomic E-state index is -1.16. The molecular weight excluding hydrogens is 145 g/mol. The maximum absolute atomic E-state index is 13.5. The highest BCUT2D eigenvalue weighted by molar-refractivity contribution is 4.76. The first-order chi connectivity index (χ1) is 5.18. The van der Waals surface area contributed by atoms with E-state index in [0.29, 0.717) is 19.4 Å². The topological polar surface area (TPSA) is 35.2 Å². The van der Waals surface area contributed by atoms with Gasteiger partial charge in [0.15, 0.2) is 0 Å². The van der Waals surface area contributed by atoms with Crippen LogP contribution in [0.1, 0.15) is 26.2 Å². The lowest BCUT2D eigenvalue weighted by atomic mass is 9.98. The van der Waals surface area contributed by atoms with E-state index in [1.165, 1.54) is 7.11 Å². The van der Waals surface area contributed by atoms with Gasteiger partial charge in [-0.25, -0.2) is 4.39 Å². The van der Waals surface area contributed by atoms with Gasteiger partial charge in [0.1, 0.15) is 5.67 Å². The van der Waals surface area contributed by atoms with Gasteiger partial charge in [0.05, 0.1) is 6.61 Å². The molecule has 0 aromatic carbocycles. The van der Waals surface area contributed by atoms with Gasteiger partial charge in [0, 0.05) is 7.11 Å². The second kappa shape index (κ2) is 5.49. The standard InChI is InChI=1S/C8H18FNO/c1-3-8(9,7-11-2)5-4-6-10/h3-7,10H2,1-2H3. The highest BCUT2D eigenvalue weighted by Gasteiger charge is 2.26. The van der Waals surface area contributed by atoms with Crippen molar-refractivity contribution in [2.75, 3.05) is 20.3 Å². The van der Waals surface area contributed by atoms with Gasteiger partial charge in [0.2, 0.25) is 0 Å². The van der Waals surface area contributed by atoms with Crippen LogP contribution in [0.15, 0.2) is 0 Å². The Kier molecular flexibility index (Phi) is 5.42. The van der Waals surface area contributed by atoms with Crippen LogP contribution < -0.4 is 5.73 Å². The molecule has 0 fully saturated rings. The minimum Gasteiger partial charge on any atom is -0.381 e. The Labute approximate surface area is 67.9 Å². The highest BCUT2D eigenvalue weighted by atomic mass is 19.1. The van der Waals surface area contributed by atoms with Gasteiger partial charge in [0.25, 0.3) is 0 Å². The maximum atomic E-state index is 13.5. The summed E-state index contributed by atoms with van der Waals surface area (Å²) in [6.07, 6.45) is 1.74. The Morgan fingerprint density at radius 2 is 2.18 bits per heavy atom. The first kappa shape index (κ1) is 10.8. The van der Waals surface area contributed by atoms with Crippen molar-refractivity contribution in [2.45, 2.75) is 31.9 Å².